The number of fused-ring (bicyclic) bond motifs is 2. The maximum absolute atomic E-state index is 14.1. The number of aromatic nitrogens is 1. The smallest absolute Gasteiger partial charge is 0.261 e. The van der Waals surface area contributed by atoms with Crippen LogP contribution in [0.5, 0.6) is 11.5 Å². The molecule has 0 saturated carbocycles. The van der Waals surface area contributed by atoms with Crippen molar-refractivity contribution in [3.8, 4) is 11.5 Å². The highest BCUT2D eigenvalue weighted by Crippen LogP contribution is 2.35. The van der Waals surface area contributed by atoms with E-state index in [1.54, 1.807) is 37.3 Å². The van der Waals surface area contributed by atoms with Crippen molar-refractivity contribution in [2.24, 2.45) is 4.99 Å². The van der Waals surface area contributed by atoms with E-state index in [1.165, 1.54) is 24.4 Å². The third-order valence-corrected chi connectivity index (χ3v) is 5.17. The number of aliphatic hydroxyl groups is 1. The number of hydrogen-bond donors (Lipinski definition) is 2. The maximum Gasteiger partial charge on any atom is 0.261 e. The third-order valence-electron chi connectivity index (χ3n) is 5.17. The van der Waals surface area contributed by atoms with Crippen molar-refractivity contribution >= 4 is 28.3 Å². The Bertz CT molecular complexity index is 1460. The highest BCUT2D eigenvalue weighted by Gasteiger charge is 2.18. The van der Waals surface area contributed by atoms with Crippen LogP contribution in [0.25, 0.3) is 11.0 Å². The summed E-state index contributed by atoms with van der Waals surface area (Å²) >= 11 is 0. The van der Waals surface area contributed by atoms with Gasteiger partial charge in [0.25, 0.3) is 5.91 Å². The summed E-state index contributed by atoms with van der Waals surface area (Å²) in [5.41, 5.74) is 1.96. The van der Waals surface area contributed by atoms with Crippen LogP contribution < -0.4 is 20.3 Å². The van der Waals surface area contributed by atoms with Crippen LogP contribution >= 0.6 is 0 Å². The van der Waals surface area contributed by atoms with Gasteiger partial charge in [0, 0.05) is 23.2 Å². The van der Waals surface area contributed by atoms with Crippen molar-refractivity contribution in [2.45, 2.75) is 13.5 Å². The van der Waals surface area contributed by atoms with E-state index in [-0.39, 0.29) is 30.2 Å². The molecule has 0 radical (unpaired) electrons. The van der Waals surface area contributed by atoms with E-state index in [0.717, 1.165) is 0 Å². The number of carbonyl (C=O) groups is 1. The van der Waals surface area contributed by atoms with E-state index < -0.39 is 11.7 Å². The number of carbonyl (C=O) groups excluding carboxylic acids is 1. The summed E-state index contributed by atoms with van der Waals surface area (Å²) in [7, 11) is 0. The Balaban J connectivity index is 1.70. The Morgan fingerprint density at radius 1 is 1.18 bits per heavy atom. The van der Waals surface area contributed by atoms with E-state index >= 15 is 0 Å². The molecule has 1 aliphatic rings. The molecule has 0 aliphatic carbocycles. The van der Waals surface area contributed by atoms with E-state index in [0.29, 0.717) is 39.4 Å². The van der Waals surface area contributed by atoms with Gasteiger partial charge in [-0.2, -0.15) is 0 Å². The van der Waals surface area contributed by atoms with Crippen LogP contribution in [0.1, 0.15) is 21.6 Å². The lowest BCUT2D eigenvalue weighted by Gasteiger charge is -2.10. The van der Waals surface area contributed by atoms with Crippen LogP contribution in [0, 0.1) is 12.7 Å². The van der Waals surface area contributed by atoms with Crippen molar-refractivity contribution < 1.29 is 28.2 Å². The van der Waals surface area contributed by atoms with Crippen LogP contribution in [0.4, 0.5) is 15.8 Å². The van der Waals surface area contributed by atoms with Gasteiger partial charge in [0.1, 0.15) is 11.4 Å². The largest absolute Gasteiger partial charge is 0.454 e. The number of anilines is 1. The molecule has 2 N–H and O–H groups in total. The predicted molar refractivity (Wildman–Crippen MR) is 117 cm³/mol. The van der Waals surface area contributed by atoms with Crippen molar-refractivity contribution in [2.75, 3.05) is 12.1 Å². The molecule has 0 unspecified atom stereocenters. The molecule has 0 bridgehead atoms. The Kier molecular flexibility index (Phi) is 5.23. The van der Waals surface area contributed by atoms with Gasteiger partial charge in [0.2, 0.25) is 12.3 Å². The molecule has 0 saturated heterocycles. The molecule has 33 heavy (non-hydrogen) atoms. The molecule has 0 fully saturated rings. The summed E-state index contributed by atoms with van der Waals surface area (Å²) in [4.78, 5) is 21.9. The number of pyridine rings is 1. The van der Waals surface area contributed by atoms with Gasteiger partial charge in [-0.15, -0.1) is 0 Å². The first kappa shape index (κ1) is 20.7. The van der Waals surface area contributed by atoms with Crippen LogP contribution in [0.3, 0.4) is 0 Å². The number of ether oxygens (including phenoxy) is 2. The molecule has 2 aromatic carbocycles. The maximum atomic E-state index is 14.1. The summed E-state index contributed by atoms with van der Waals surface area (Å²) in [5, 5.41) is 12.8. The number of rotatable bonds is 4. The average Bonchev–Trinajstić information content (AvgIpc) is 3.29. The van der Waals surface area contributed by atoms with Gasteiger partial charge >= 0.3 is 0 Å². The zero-order valence-corrected chi connectivity index (χ0v) is 17.5. The van der Waals surface area contributed by atoms with Crippen molar-refractivity contribution in [3.05, 3.63) is 82.9 Å². The SMILES string of the molecule is Cc1ncc(CO)c2cc(C(=O)Nc3ccccc3F)c(=Nc3ccc4c(c3)OCO4)oc12. The number of aryl methyl sites for hydroxylation is 1. The Hall–Kier alpha value is -4.24. The molecule has 2 aromatic heterocycles. The van der Waals surface area contributed by atoms with Gasteiger partial charge < -0.3 is 24.3 Å². The van der Waals surface area contributed by atoms with E-state index in [2.05, 4.69) is 15.3 Å². The highest BCUT2D eigenvalue weighted by molar-refractivity contribution is 6.05. The summed E-state index contributed by atoms with van der Waals surface area (Å²) in [6, 6.07) is 12.5. The number of hydrogen-bond acceptors (Lipinski definition) is 7. The molecule has 5 rings (SSSR count). The number of halogens is 1. The fourth-order valence-corrected chi connectivity index (χ4v) is 3.48. The first-order valence-corrected chi connectivity index (χ1v) is 10.1. The second-order valence-electron chi connectivity index (χ2n) is 7.32. The van der Waals surface area contributed by atoms with Crippen molar-refractivity contribution in [1.82, 2.24) is 4.98 Å². The normalized spacial score (nSPS) is 12.9. The molecule has 0 spiro atoms. The van der Waals surface area contributed by atoms with E-state index in [9.17, 15) is 14.3 Å². The zero-order valence-electron chi connectivity index (χ0n) is 17.5. The Morgan fingerprint density at radius 2 is 2.00 bits per heavy atom. The van der Waals surface area contributed by atoms with Crippen molar-refractivity contribution in [1.29, 1.82) is 0 Å². The molecule has 3 heterocycles. The number of aliphatic hydroxyl groups excluding tert-OH is 1. The summed E-state index contributed by atoms with van der Waals surface area (Å²) in [6.45, 7) is 1.56. The fourth-order valence-electron chi connectivity index (χ4n) is 3.48. The minimum absolute atomic E-state index is 0.00445. The number of benzene rings is 2. The third kappa shape index (κ3) is 3.90. The average molecular weight is 447 g/mol. The molecule has 166 valence electrons. The van der Waals surface area contributed by atoms with E-state index in [1.807, 2.05) is 0 Å². The fraction of sp³-hybridized carbons (Fsp3) is 0.125. The van der Waals surface area contributed by atoms with Gasteiger partial charge in [-0.25, -0.2) is 9.38 Å². The van der Waals surface area contributed by atoms with Gasteiger partial charge in [0.15, 0.2) is 17.1 Å². The molecular formula is C24H18FN3O5. The topological polar surface area (TPSA) is 106 Å². The van der Waals surface area contributed by atoms with Crippen molar-refractivity contribution in [3.63, 3.8) is 0 Å². The summed E-state index contributed by atoms with van der Waals surface area (Å²) in [5.74, 6) is -0.0816. The monoisotopic (exact) mass is 447 g/mol. The predicted octanol–water partition coefficient (Wildman–Crippen LogP) is 3.98. The van der Waals surface area contributed by atoms with Crippen LogP contribution in [0.15, 0.2) is 64.1 Å². The van der Waals surface area contributed by atoms with Crippen LogP contribution in [-0.2, 0) is 6.61 Å². The lowest BCUT2D eigenvalue weighted by atomic mass is 10.1. The molecule has 1 aliphatic heterocycles. The summed E-state index contributed by atoms with van der Waals surface area (Å²) < 4.78 is 30.9. The first-order chi connectivity index (χ1) is 16.0. The Labute approximate surface area is 186 Å². The molecule has 1 amide bonds. The second-order valence-corrected chi connectivity index (χ2v) is 7.32. The van der Waals surface area contributed by atoms with Crippen LogP contribution in [-0.4, -0.2) is 22.8 Å². The number of para-hydroxylation sites is 1. The molecule has 0 atom stereocenters. The van der Waals surface area contributed by atoms with Crippen LogP contribution in [0.2, 0.25) is 0 Å². The molecular weight excluding hydrogens is 429 g/mol. The minimum Gasteiger partial charge on any atom is -0.454 e. The molecule has 4 aromatic rings. The Morgan fingerprint density at radius 3 is 2.82 bits per heavy atom. The second kappa shape index (κ2) is 8.36. The minimum atomic E-state index is -0.622. The quantitative estimate of drug-likeness (QED) is 0.490. The van der Waals surface area contributed by atoms with Gasteiger partial charge in [-0.3, -0.25) is 9.78 Å². The summed E-state index contributed by atoms with van der Waals surface area (Å²) in [6.07, 6.45) is 1.51. The van der Waals surface area contributed by atoms with Gasteiger partial charge in [-0.05, 0) is 37.3 Å². The standard InChI is InChI=1S/C24H18FN3O5/c1-13-22-16(14(11-29)10-26-13)9-17(23(30)28-19-5-3-2-4-18(19)25)24(33-22)27-15-6-7-20-21(8-15)32-12-31-20/h2-10,29H,11-12H2,1H3,(H,28,30). The van der Waals surface area contributed by atoms with E-state index in [4.69, 9.17) is 13.9 Å². The van der Waals surface area contributed by atoms with Gasteiger partial charge in [-0.1, -0.05) is 12.1 Å². The number of nitrogens with zero attached hydrogens (tertiary/aromatic N) is 2. The number of amides is 1. The highest BCUT2D eigenvalue weighted by atomic mass is 19.1. The molecule has 9 heteroatoms. The van der Waals surface area contributed by atoms with Gasteiger partial charge in [0.05, 0.1) is 23.7 Å². The first-order valence-electron chi connectivity index (χ1n) is 10.1. The lowest BCUT2D eigenvalue weighted by molar-refractivity contribution is 0.102. The lowest BCUT2D eigenvalue weighted by Crippen LogP contribution is -2.22. The zero-order chi connectivity index (χ0) is 22.9. The number of nitrogens with one attached hydrogen (secondary N) is 1. The molecule has 8 nitrogen and oxygen atoms in total.